The van der Waals surface area contributed by atoms with E-state index in [2.05, 4.69) is 10.3 Å². The van der Waals surface area contributed by atoms with E-state index < -0.39 is 6.04 Å². The number of rotatable bonds is 3. The van der Waals surface area contributed by atoms with Crippen molar-refractivity contribution in [1.29, 1.82) is 0 Å². The molecule has 0 saturated heterocycles. The number of amides is 2. The van der Waals surface area contributed by atoms with Gasteiger partial charge in [0.1, 0.15) is 6.04 Å². The fourth-order valence-electron chi connectivity index (χ4n) is 1.75. The minimum atomic E-state index is -0.667. The van der Waals surface area contributed by atoms with Crippen molar-refractivity contribution in [2.45, 2.75) is 19.9 Å². The molecule has 5 nitrogen and oxygen atoms in total. The number of hydrogen-bond acceptors (Lipinski definition) is 3. The van der Waals surface area contributed by atoms with Crippen LogP contribution in [-0.4, -0.2) is 22.4 Å². The zero-order chi connectivity index (χ0) is 15.4. The SMILES string of the molecule is Cc1cccc(C(=O)N[C@H](C)C(=O)N=c2sccn2C)c1. The van der Waals surface area contributed by atoms with Gasteiger partial charge >= 0.3 is 0 Å². The van der Waals surface area contributed by atoms with Crippen LogP contribution in [0.5, 0.6) is 0 Å². The van der Waals surface area contributed by atoms with Crippen LogP contribution in [0.2, 0.25) is 0 Å². The Balaban J connectivity index is 2.08. The Hall–Kier alpha value is -2.21. The van der Waals surface area contributed by atoms with E-state index in [1.54, 1.807) is 23.6 Å². The number of thiazole rings is 1. The highest BCUT2D eigenvalue weighted by Gasteiger charge is 2.16. The smallest absolute Gasteiger partial charge is 0.270 e. The molecule has 0 fully saturated rings. The van der Waals surface area contributed by atoms with Crippen molar-refractivity contribution < 1.29 is 9.59 Å². The zero-order valence-corrected chi connectivity index (χ0v) is 13.0. The van der Waals surface area contributed by atoms with Crippen LogP contribution in [0.15, 0.2) is 40.8 Å². The van der Waals surface area contributed by atoms with E-state index in [0.29, 0.717) is 10.4 Å². The van der Waals surface area contributed by atoms with Crippen molar-refractivity contribution in [2.24, 2.45) is 12.0 Å². The molecule has 1 heterocycles. The third-order valence-electron chi connectivity index (χ3n) is 2.96. The van der Waals surface area contributed by atoms with Crippen molar-refractivity contribution in [1.82, 2.24) is 9.88 Å². The second-order valence-corrected chi connectivity index (χ2v) is 5.68. The summed E-state index contributed by atoms with van der Waals surface area (Å²) in [5, 5.41) is 4.52. The first kappa shape index (κ1) is 15.2. The van der Waals surface area contributed by atoms with Gasteiger partial charge in [-0.05, 0) is 26.0 Å². The van der Waals surface area contributed by atoms with Gasteiger partial charge in [-0.25, -0.2) is 0 Å². The molecule has 0 bridgehead atoms. The number of nitrogens with zero attached hydrogens (tertiary/aromatic N) is 2. The van der Waals surface area contributed by atoms with Gasteiger partial charge in [0.2, 0.25) is 0 Å². The lowest BCUT2D eigenvalue weighted by Gasteiger charge is -2.10. The highest BCUT2D eigenvalue weighted by molar-refractivity contribution is 7.07. The predicted molar refractivity (Wildman–Crippen MR) is 82.0 cm³/mol. The average molecular weight is 303 g/mol. The van der Waals surface area contributed by atoms with Crippen molar-refractivity contribution in [2.75, 3.05) is 0 Å². The topological polar surface area (TPSA) is 63.5 Å². The van der Waals surface area contributed by atoms with Gasteiger partial charge < -0.3 is 9.88 Å². The summed E-state index contributed by atoms with van der Waals surface area (Å²) in [7, 11) is 1.82. The van der Waals surface area contributed by atoms with E-state index in [0.717, 1.165) is 5.56 Å². The lowest BCUT2D eigenvalue weighted by molar-refractivity contribution is -0.119. The second kappa shape index (κ2) is 6.49. The number of aromatic nitrogens is 1. The van der Waals surface area contributed by atoms with E-state index in [9.17, 15) is 9.59 Å². The molecule has 0 saturated carbocycles. The van der Waals surface area contributed by atoms with Gasteiger partial charge in [-0.15, -0.1) is 11.3 Å². The molecule has 1 N–H and O–H groups in total. The molecular weight excluding hydrogens is 286 g/mol. The van der Waals surface area contributed by atoms with Crippen LogP contribution < -0.4 is 10.1 Å². The Bertz CT molecular complexity index is 730. The summed E-state index contributed by atoms with van der Waals surface area (Å²) in [5.41, 5.74) is 1.54. The van der Waals surface area contributed by atoms with Gasteiger partial charge in [0.15, 0.2) is 4.80 Å². The van der Waals surface area contributed by atoms with Gasteiger partial charge in [0, 0.05) is 24.2 Å². The standard InChI is InChI=1S/C15H17N3O2S/c1-10-5-4-6-12(9-10)14(20)16-11(2)13(19)17-15-18(3)7-8-21-15/h4-9,11H,1-3H3,(H,16,20)/t11-/m1/s1. The largest absolute Gasteiger partial charge is 0.340 e. The minimum absolute atomic E-state index is 0.273. The molecule has 0 aliphatic carbocycles. The van der Waals surface area contributed by atoms with E-state index >= 15 is 0 Å². The van der Waals surface area contributed by atoms with E-state index in [-0.39, 0.29) is 11.8 Å². The molecule has 0 spiro atoms. The van der Waals surface area contributed by atoms with Crippen molar-refractivity contribution in [3.63, 3.8) is 0 Å². The number of nitrogens with one attached hydrogen (secondary N) is 1. The first-order valence-corrected chi connectivity index (χ1v) is 7.41. The maximum absolute atomic E-state index is 12.1. The van der Waals surface area contributed by atoms with Crippen molar-refractivity contribution in [3.05, 3.63) is 51.8 Å². The molecule has 2 rings (SSSR count). The zero-order valence-electron chi connectivity index (χ0n) is 12.2. The summed E-state index contributed by atoms with van der Waals surface area (Å²) in [5.74, 6) is -0.639. The molecule has 2 amide bonds. The summed E-state index contributed by atoms with van der Waals surface area (Å²) in [6.07, 6.45) is 1.83. The quantitative estimate of drug-likeness (QED) is 0.937. The van der Waals surface area contributed by atoms with Crippen LogP contribution in [0.4, 0.5) is 0 Å². The lowest BCUT2D eigenvalue weighted by Crippen LogP contribution is -2.38. The maximum Gasteiger partial charge on any atom is 0.270 e. The summed E-state index contributed by atoms with van der Waals surface area (Å²) >= 11 is 1.38. The summed E-state index contributed by atoms with van der Waals surface area (Å²) in [6, 6.07) is 6.56. The third-order valence-corrected chi connectivity index (χ3v) is 3.81. The average Bonchev–Trinajstić information content (AvgIpc) is 2.84. The van der Waals surface area contributed by atoms with Crippen LogP contribution in [0, 0.1) is 6.92 Å². The number of carbonyl (C=O) groups is 2. The molecule has 1 aromatic heterocycles. The van der Waals surface area contributed by atoms with Gasteiger partial charge in [0.25, 0.3) is 11.8 Å². The van der Waals surface area contributed by atoms with E-state index in [4.69, 9.17) is 0 Å². The van der Waals surface area contributed by atoms with Gasteiger partial charge in [0.05, 0.1) is 0 Å². The van der Waals surface area contributed by atoms with E-state index in [1.807, 2.05) is 37.7 Å². The minimum Gasteiger partial charge on any atom is -0.340 e. The predicted octanol–water partition coefficient (Wildman–Crippen LogP) is 1.64. The molecule has 0 radical (unpaired) electrons. The highest BCUT2D eigenvalue weighted by atomic mass is 32.1. The number of benzene rings is 1. The normalized spacial score (nSPS) is 13.0. The molecule has 1 aromatic carbocycles. The second-order valence-electron chi connectivity index (χ2n) is 4.81. The number of carbonyl (C=O) groups excluding carboxylic acids is 2. The Kier molecular flexibility index (Phi) is 4.70. The molecule has 1 atom stereocenters. The fraction of sp³-hybridized carbons (Fsp3) is 0.267. The molecular formula is C15H17N3O2S. The first-order chi connectivity index (χ1) is 9.97. The summed E-state index contributed by atoms with van der Waals surface area (Å²) in [6.45, 7) is 3.55. The Morgan fingerprint density at radius 2 is 2.14 bits per heavy atom. The Labute approximate surface area is 127 Å². The molecule has 6 heteroatoms. The fourth-order valence-corrected chi connectivity index (χ4v) is 2.49. The molecule has 0 unspecified atom stereocenters. The van der Waals surface area contributed by atoms with Crippen LogP contribution >= 0.6 is 11.3 Å². The Morgan fingerprint density at radius 1 is 1.38 bits per heavy atom. The van der Waals surface area contributed by atoms with Crippen molar-refractivity contribution >= 4 is 23.2 Å². The monoisotopic (exact) mass is 303 g/mol. The number of aryl methyl sites for hydroxylation is 2. The molecule has 2 aromatic rings. The van der Waals surface area contributed by atoms with Crippen LogP contribution in [-0.2, 0) is 11.8 Å². The van der Waals surface area contributed by atoms with Crippen LogP contribution in [0.25, 0.3) is 0 Å². The molecule has 110 valence electrons. The highest BCUT2D eigenvalue weighted by Crippen LogP contribution is 2.04. The van der Waals surface area contributed by atoms with E-state index in [1.165, 1.54) is 11.3 Å². The van der Waals surface area contributed by atoms with Crippen LogP contribution in [0.1, 0.15) is 22.8 Å². The van der Waals surface area contributed by atoms with Gasteiger partial charge in [-0.3, -0.25) is 9.59 Å². The maximum atomic E-state index is 12.1. The van der Waals surface area contributed by atoms with Gasteiger partial charge in [-0.2, -0.15) is 4.99 Å². The number of hydrogen-bond donors (Lipinski definition) is 1. The molecule has 0 aliphatic heterocycles. The molecule has 0 aliphatic rings. The lowest BCUT2D eigenvalue weighted by atomic mass is 10.1. The summed E-state index contributed by atoms with van der Waals surface area (Å²) in [4.78, 5) is 28.7. The molecule has 21 heavy (non-hydrogen) atoms. The van der Waals surface area contributed by atoms with Gasteiger partial charge in [-0.1, -0.05) is 17.7 Å². The third kappa shape index (κ3) is 3.88. The first-order valence-electron chi connectivity index (χ1n) is 6.53. The Morgan fingerprint density at radius 3 is 2.76 bits per heavy atom. The van der Waals surface area contributed by atoms with Crippen molar-refractivity contribution in [3.8, 4) is 0 Å². The summed E-state index contributed by atoms with van der Waals surface area (Å²) < 4.78 is 1.76. The van der Waals surface area contributed by atoms with Crippen LogP contribution in [0.3, 0.4) is 0 Å².